The number of piperidine rings is 1. The Morgan fingerprint density at radius 2 is 1.90 bits per heavy atom. The third-order valence-corrected chi connectivity index (χ3v) is 7.19. The summed E-state index contributed by atoms with van der Waals surface area (Å²) in [5.74, 6) is -2.41. The molecule has 2 aliphatic heterocycles. The van der Waals surface area contributed by atoms with Crippen LogP contribution in [0.25, 0.3) is 0 Å². The van der Waals surface area contributed by atoms with Crippen molar-refractivity contribution in [1.82, 2.24) is 15.1 Å². The first-order chi connectivity index (χ1) is 18.3. The van der Waals surface area contributed by atoms with Crippen LogP contribution in [0.3, 0.4) is 0 Å². The zero-order valence-corrected chi connectivity index (χ0v) is 21.9. The van der Waals surface area contributed by atoms with E-state index >= 15 is 0 Å². The van der Waals surface area contributed by atoms with E-state index in [-0.39, 0.29) is 29.6 Å². The Kier molecular flexibility index (Phi) is 8.12. The lowest BCUT2D eigenvalue weighted by Gasteiger charge is -2.28. The van der Waals surface area contributed by atoms with Crippen molar-refractivity contribution in [2.24, 2.45) is 0 Å². The van der Waals surface area contributed by atoms with Gasteiger partial charge < -0.3 is 5.32 Å². The zero-order valence-electron chi connectivity index (χ0n) is 21.1. The molecule has 206 valence electrons. The molecule has 0 radical (unpaired) electrons. The SMILES string of the molecule is CC(c1cccc(NC2=CC(=O)N(C3CCC(=O)NC3=O)C2=O)c1)N(C)CCc1ccc(C(F)(F)F)c(Cl)c1. The van der Waals surface area contributed by atoms with E-state index in [4.69, 9.17) is 11.6 Å². The Labute approximate surface area is 227 Å². The van der Waals surface area contributed by atoms with Crippen molar-refractivity contribution in [1.29, 1.82) is 0 Å². The van der Waals surface area contributed by atoms with Crippen molar-refractivity contribution in [3.05, 3.63) is 76.0 Å². The van der Waals surface area contributed by atoms with Gasteiger partial charge in [-0.05, 0) is 62.2 Å². The molecule has 2 aliphatic rings. The molecular weight excluding hydrogens is 537 g/mol. The number of alkyl halides is 3. The van der Waals surface area contributed by atoms with Gasteiger partial charge in [-0.2, -0.15) is 13.2 Å². The van der Waals surface area contributed by atoms with Crippen LogP contribution < -0.4 is 10.6 Å². The maximum absolute atomic E-state index is 13.0. The Bertz CT molecular complexity index is 1360. The molecule has 1 saturated heterocycles. The molecule has 2 unspecified atom stereocenters. The highest BCUT2D eigenvalue weighted by atomic mass is 35.5. The van der Waals surface area contributed by atoms with Crippen LogP contribution >= 0.6 is 11.6 Å². The molecule has 2 heterocycles. The summed E-state index contributed by atoms with van der Waals surface area (Å²) in [6, 6.07) is 9.84. The summed E-state index contributed by atoms with van der Waals surface area (Å²) in [6.45, 7) is 2.51. The molecule has 1 fully saturated rings. The fourth-order valence-corrected chi connectivity index (χ4v) is 4.84. The number of nitrogens with one attached hydrogen (secondary N) is 2. The van der Waals surface area contributed by atoms with E-state index in [1.165, 1.54) is 12.1 Å². The number of rotatable bonds is 8. The number of likely N-dealkylation sites (N-methyl/N-ethyl adjacent to an activating group) is 1. The second-order valence-corrected chi connectivity index (χ2v) is 9.91. The number of imide groups is 2. The standard InChI is InChI=1S/C27H26ClF3N4O4/c1-15(34(2)11-10-16-6-7-19(20(28)12-16)27(29,30)31)17-4-3-5-18(13-17)32-21-14-24(37)35(26(21)39)22-8-9-23(36)33-25(22)38/h3-7,12-15,22,32H,8-11H2,1-2H3,(H,33,36,38). The molecule has 0 spiro atoms. The van der Waals surface area contributed by atoms with Crippen molar-refractivity contribution >= 4 is 40.9 Å². The lowest BCUT2D eigenvalue weighted by Crippen LogP contribution is -2.54. The van der Waals surface area contributed by atoms with Crippen LogP contribution in [-0.2, 0) is 31.8 Å². The number of carbonyl (C=O) groups excluding carboxylic acids is 4. The van der Waals surface area contributed by atoms with Gasteiger partial charge in [0.1, 0.15) is 11.7 Å². The molecule has 4 rings (SSSR count). The highest BCUT2D eigenvalue weighted by Crippen LogP contribution is 2.35. The van der Waals surface area contributed by atoms with Crippen LogP contribution in [0.1, 0.15) is 42.5 Å². The molecule has 8 nitrogen and oxygen atoms in total. The number of hydrogen-bond acceptors (Lipinski definition) is 6. The number of nitrogens with zero attached hydrogens (tertiary/aromatic N) is 2. The third kappa shape index (κ3) is 6.31. The average molecular weight is 563 g/mol. The summed E-state index contributed by atoms with van der Waals surface area (Å²) >= 11 is 5.83. The highest BCUT2D eigenvalue weighted by Gasteiger charge is 2.42. The van der Waals surface area contributed by atoms with Crippen LogP contribution in [0, 0.1) is 0 Å². The first-order valence-corrected chi connectivity index (χ1v) is 12.6. The molecule has 4 amide bonds. The monoisotopic (exact) mass is 562 g/mol. The van der Waals surface area contributed by atoms with Gasteiger partial charge in [0.15, 0.2) is 0 Å². The molecule has 2 atom stereocenters. The van der Waals surface area contributed by atoms with Crippen molar-refractivity contribution in [3.63, 3.8) is 0 Å². The molecule has 12 heteroatoms. The van der Waals surface area contributed by atoms with E-state index in [1.807, 2.05) is 31.0 Å². The minimum Gasteiger partial charge on any atom is -0.351 e. The van der Waals surface area contributed by atoms with Gasteiger partial charge in [0.25, 0.3) is 11.8 Å². The lowest BCUT2D eigenvalue weighted by molar-refractivity contribution is -0.149. The van der Waals surface area contributed by atoms with Gasteiger partial charge in [-0.3, -0.25) is 34.3 Å². The Hall–Kier alpha value is -3.70. The average Bonchev–Trinajstić information content (AvgIpc) is 3.14. The van der Waals surface area contributed by atoms with Gasteiger partial charge in [-0.1, -0.05) is 29.8 Å². The molecule has 2 aromatic rings. The number of anilines is 1. The quantitative estimate of drug-likeness (QED) is 0.471. The second kappa shape index (κ2) is 11.2. The maximum atomic E-state index is 13.0. The Balaban J connectivity index is 1.38. The fraction of sp³-hybridized carbons (Fsp3) is 0.333. The summed E-state index contributed by atoms with van der Waals surface area (Å²) in [4.78, 5) is 51.9. The second-order valence-electron chi connectivity index (χ2n) is 9.51. The van der Waals surface area contributed by atoms with Crippen LogP contribution in [0.4, 0.5) is 18.9 Å². The molecule has 0 aromatic heterocycles. The van der Waals surface area contributed by atoms with E-state index in [0.29, 0.717) is 24.2 Å². The maximum Gasteiger partial charge on any atom is 0.417 e. The van der Waals surface area contributed by atoms with E-state index in [9.17, 15) is 32.3 Å². The molecule has 0 aliphatic carbocycles. The Morgan fingerprint density at radius 3 is 2.56 bits per heavy atom. The number of halogens is 4. The van der Waals surface area contributed by atoms with Crippen LogP contribution in [0.15, 0.2) is 54.2 Å². The zero-order chi connectivity index (χ0) is 28.5. The molecule has 2 aromatic carbocycles. The van der Waals surface area contributed by atoms with Gasteiger partial charge in [-0.15, -0.1) is 0 Å². The summed E-state index contributed by atoms with van der Waals surface area (Å²) in [7, 11) is 1.88. The smallest absolute Gasteiger partial charge is 0.351 e. The highest BCUT2D eigenvalue weighted by molar-refractivity contribution is 6.31. The lowest BCUT2D eigenvalue weighted by atomic mass is 10.0. The third-order valence-electron chi connectivity index (χ3n) is 6.88. The minimum absolute atomic E-state index is 0.0158. The molecule has 2 N–H and O–H groups in total. The number of amides is 4. The summed E-state index contributed by atoms with van der Waals surface area (Å²) in [5, 5.41) is 4.77. The van der Waals surface area contributed by atoms with E-state index in [0.717, 1.165) is 22.6 Å². The predicted molar refractivity (Wildman–Crippen MR) is 137 cm³/mol. The van der Waals surface area contributed by atoms with Crippen molar-refractivity contribution in [2.75, 3.05) is 18.9 Å². The number of benzene rings is 2. The molecule has 39 heavy (non-hydrogen) atoms. The van der Waals surface area contributed by atoms with Crippen molar-refractivity contribution < 1.29 is 32.3 Å². The van der Waals surface area contributed by atoms with E-state index in [2.05, 4.69) is 10.6 Å². The predicted octanol–water partition coefficient (Wildman–Crippen LogP) is 4.06. The molecular formula is C27H26ClF3N4O4. The fourth-order valence-electron chi connectivity index (χ4n) is 4.53. The van der Waals surface area contributed by atoms with Crippen LogP contribution in [-0.4, -0.2) is 53.1 Å². The van der Waals surface area contributed by atoms with E-state index in [1.54, 1.807) is 12.1 Å². The summed E-state index contributed by atoms with van der Waals surface area (Å²) in [6.07, 6.45) is -2.79. The first-order valence-electron chi connectivity index (χ1n) is 12.2. The molecule has 0 bridgehead atoms. The largest absolute Gasteiger partial charge is 0.417 e. The van der Waals surface area contributed by atoms with Crippen molar-refractivity contribution in [2.45, 2.75) is 44.4 Å². The summed E-state index contributed by atoms with van der Waals surface area (Å²) < 4.78 is 38.9. The van der Waals surface area contributed by atoms with Gasteiger partial charge >= 0.3 is 6.18 Å². The van der Waals surface area contributed by atoms with Gasteiger partial charge in [-0.25, -0.2) is 0 Å². The number of carbonyl (C=O) groups is 4. The normalized spacial score (nSPS) is 18.9. The van der Waals surface area contributed by atoms with Gasteiger partial charge in [0.05, 0.1) is 10.6 Å². The topological polar surface area (TPSA) is 98.8 Å². The Morgan fingerprint density at radius 1 is 1.15 bits per heavy atom. The number of hydrogen-bond donors (Lipinski definition) is 2. The molecule has 0 saturated carbocycles. The van der Waals surface area contributed by atoms with Gasteiger partial charge in [0, 0.05) is 30.8 Å². The van der Waals surface area contributed by atoms with E-state index < -0.39 is 41.4 Å². The van der Waals surface area contributed by atoms with Crippen LogP contribution in [0.2, 0.25) is 5.02 Å². The van der Waals surface area contributed by atoms with Crippen LogP contribution in [0.5, 0.6) is 0 Å². The van der Waals surface area contributed by atoms with Gasteiger partial charge in [0.2, 0.25) is 11.8 Å². The van der Waals surface area contributed by atoms with Crippen molar-refractivity contribution in [3.8, 4) is 0 Å². The minimum atomic E-state index is -4.50. The first kappa shape index (κ1) is 28.3. The summed E-state index contributed by atoms with van der Waals surface area (Å²) in [5.41, 5.74) is 1.28.